The van der Waals surface area contributed by atoms with E-state index >= 15 is 0 Å². The van der Waals surface area contributed by atoms with Crippen molar-refractivity contribution >= 4 is 11.3 Å². The van der Waals surface area contributed by atoms with E-state index in [1.165, 1.54) is 0 Å². The van der Waals surface area contributed by atoms with Crippen LogP contribution < -0.4 is 0 Å². The lowest BCUT2D eigenvalue weighted by Crippen LogP contribution is -1.82. The van der Waals surface area contributed by atoms with Gasteiger partial charge in [-0.05, 0) is 13.0 Å². The molecule has 0 atom stereocenters. The fraction of sp³-hybridized carbons (Fsp3) is 0.143. The van der Waals surface area contributed by atoms with Crippen LogP contribution in [0.1, 0.15) is 10.9 Å². The van der Waals surface area contributed by atoms with Crippen molar-refractivity contribution in [2.24, 2.45) is 0 Å². The molecule has 2 aromatic heterocycles. The Morgan fingerprint density at radius 3 is 2.44 bits per heavy atom. The number of rotatable bonds is 2. The molecule has 3 rings (SSSR count). The van der Waals surface area contributed by atoms with Crippen LogP contribution in [0.5, 0.6) is 0 Å². The number of hydrogen-bond donors (Lipinski definition) is 0. The van der Waals surface area contributed by atoms with Gasteiger partial charge in [-0.3, -0.25) is 0 Å². The highest BCUT2D eigenvalue weighted by Gasteiger charge is 2.07. The molecule has 0 aliphatic rings. The normalized spacial score (nSPS) is 10.8. The Morgan fingerprint density at radius 1 is 1.06 bits per heavy atom. The van der Waals surface area contributed by atoms with Crippen molar-refractivity contribution in [3.8, 4) is 22.5 Å². The summed E-state index contributed by atoms with van der Waals surface area (Å²) in [4.78, 5) is 8.83. The van der Waals surface area contributed by atoms with Gasteiger partial charge < -0.3 is 4.42 Å². The molecular weight excluding hydrogens is 244 g/mol. The molecule has 0 N–H and O–H groups in total. The van der Waals surface area contributed by atoms with Crippen molar-refractivity contribution in [2.75, 3.05) is 0 Å². The van der Waals surface area contributed by atoms with Crippen LogP contribution in [0.3, 0.4) is 0 Å². The third kappa shape index (κ3) is 2.07. The van der Waals surface area contributed by atoms with Gasteiger partial charge in [0.05, 0.1) is 10.7 Å². The maximum Gasteiger partial charge on any atom is 0.191 e. The molecule has 0 bridgehead atoms. The van der Waals surface area contributed by atoms with E-state index in [0.717, 1.165) is 27.5 Å². The van der Waals surface area contributed by atoms with E-state index < -0.39 is 0 Å². The van der Waals surface area contributed by atoms with Gasteiger partial charge in [-0.25, -0.2) is 9.97 Å². The average Bonchev–Trinajstić information content (AvgIpc) is 2.98. The summed E-state index contributed by atoms with van der Waals surface area (Å²) in [7, 11) is 0. The van der Waals surface area contributed by atoms with Crippen molar-refractivity contribution < 1.29 is 4.42 Å². The van der Waals surface area contributed by atoms with Gasteiger partial charge in [0.15, 0.2) is 5.89 Å². The van der Waals surface area contributed by atoms with Crippen molar-refractivity contribution in [2.45, 2.75) is 13.8 Å². The second kappa shape index (κ2) is 4.38. The predicted molar refractivity (Wildman–Crippen MR) is 72.5 cm³/mol. The number of benzene rings is 1. The van der Waals surface area contributed by atoms with E-state index in [4.69, 9.17) is 4.42 Å². The van der Waals surface area contributed by atoms with Gasteiger partial charge in [-0.1, -0.05) is 18.2 Å². The van der Waals surface area contributed by atoms with Crippen molar-refractivity contribution in [3.05, 3.63) is 46.8 Å². The molecule has 0 radical (unpaired) electrons. The molecule has 2 heterocycles. The second-order valence-corrected chi connectivity index (χ2v) is 5.15. The van der Waals surface area contributed by atoms with E-state index in [-0.39, 0.29) is 0 Å². The Labute approximate surface area is 109 Å². The van der Waals surface area contributed by atoms with Crippen LogP contribution in [0, 0.1) is 13.8 Å². The monoisotopic (exact) mass is 256 g/mol. The highest BCUT2D eigenvalue weighted by Crippen LogP contribution is 2.26. The van der Waals surface area contributed by atoms with E-state index in [1.54, 1.807) is 17.6 Å². The first-order chi connectivity index (χ1) is 8.72. The summed E-state index contributed by atoms with van der Waals surface area (Å²) in [5, 5.41) is 3.15. The van der Waals surface area contributed by atoms with Crippen LogP contribution >= 0.6 is 11.3 Å². The van der Waals surface area contributed by atoms with Crippen LogP contribution in [-0.2, 0) is 0 Å². The maximum absolute atomic E-state index is 5.24. The molecule has 3 aromatic rings. The predicted octanol–water partition coefficient (Wildman–Crippen LogP) is 4.08. The minimum atomic E-state index is 0.680. The molecule has 0 saturated carbocycles. The van der Waals surface area contributed by atoms with Crippen molar-refractivity contribution in [3.63, 3.8) is 0 Å². The Morgan fingerprint density at radius 2 is 1.83 bits per heavy atom. The van der Waals surface area contributed by atoms with E-state index in [1.807, 2.05) is 26.0 Å². The molecular formula is C14H12N2OS. The molecule has 18 heavy (non-hydrogen) atoms. The van der Waals surface area contributed by atoms with E-state index in [0.29, 0.717) is 5.89 Å². The summed E-state index contributed by atoms with van der Waals surface area (Å²) in [6.07, 6.45) is 1.68. The largest absolute Gasteiger partial charge is 0.449 e. The number of oxazole rings is 1. The van der Waals surface area contributed by atoms with Gasteiger partial charge in [0.1, 0.15) is 12.0 Å². The van der Waals surface area contributed by atoms with Crippen LogP contribution in [0.2, 0.25) is 0 Å². The molecule has 0 unspecified atom stereocenters. The molecule has 4 heteroatoms. The molecule has 0 saturated heterocycles. The summed E-state index contributed by atoms with van der Waals surface area (Å²) in [5.74, 6) is 0.680. The van der Waals surface area contributed by atoms with E-state index in [2.05, 4.69) is 27.5 Å². The Balaban J connectivity index is 2.04. The molecule has 1 aromatic carbocycles. The van der Waals surface area contributed by atoms with E-state index in [9.17, 15) is 0 Å². The zero-order valence-corrected chi connectivity index (χ0v) is 11.0. The lowest BCUT2D eigenvalue weighted by atomic mass is 10.1. The molecule has 0 aliphatic heterocycles. The smallest absolute Gasteiger partial charge is 0.191 e. The van der Waals surface area contributed by atoms with Crippen molar-refractivity contribution in [1.82, 2.24) is 9.97 Å². The Hall–Kier alpha value is -1.94. The first kappa shape index (κ1) is 11.2. The first-order valence-electron chi connectivity index (χ1n) is 5.67. The fourth-order valence-electron chi connectivity index (χ4n) is 1.83. The SMILES string of the molecule is Cc1nc(-c2cccc(-c3csc(C)n3)c2)co1. The summed E-state index contributed by atoms with van der Waals surface area (Å²) < 4.78 is 5.24. The minimum absolute atomic E-state index is 0.680. The number of aromatic nitrogens is 2. The summed E-state index contributed by atoms with van der Waals surface area (Å²) in [5.41, 5.74) is 4.04. The lowest BCUT2D eigenvalue weighted by Gasteiger charge is -2.00. The lowest BCUT2D eigenvalue weighted by molar-refractivity contribution is 0.521. The van der Waals surface area contributed by atoms with Gasteiger partial charge in [0.25, 0.3) is 0 Å². The topological polar surface area (TPSA) is 38.9 Å². The highest BCUT2D eigenvalue weighted by atomic mass is 32.1. The fourth-order valence-corrected chi connectivity index (χ4v) is 2.45. The molecule has 0 aliphatic carbocycles. The van der Waals surface area contributed by atoms with Gasteiger partial charge in [0.2, 0.25) is 0 Å². The zero-order valence-electron chi connectivity index (χ0n) is 10.2. The van der Waals surface area contributed by atoms with Crippen LogP contribution in [0.4, 0.5) is 0 Å². The number of aryl methyl sites for hydroxylation is 2. The Kier molecular flexibility index (Phi) is 2.72. The molecule has 0 fully saturated rings. The zero-order chi connectivity index (χ0) is 12.5. The summed E-state index contributed by atoms with van der Waals surface area (Å²) in [6.45, 7) is 3.86. The van der Waals surface area contributed by atoms with Gasteiger partial charge >= 0.3 is 0 Å². The summed E-state index contributed by atoms with van der Waals surface area (Å²) in [6, 6.07) is 8.19. The molecule has 3 nitrogen and oxygen atoms in total. The number of nitrogens with zero attached hydrogens (tertiary/aromatic N) is 2. The van der Waals surface area contributed by atoms with Crippen molar-refractivity contribution in [1.29, 1.82) is 0 Å². The van der Waals surface area contributed by atoms with Gasteiger partial charge in [0, 0.05) is 23.4 Å². The van der Waals surface area contributed by atoms with Crippen LogP contribution in [0.25, 0.3) is 22.5 Å². The standard InChI is InChI=1S/C14H12N2OS/c1-9-15-13(7-17-9)11-4-3-5-12(6-11)14-8-18-10(2)16-14/h3-8H,1-2H3. The average molecular weight is 256 g/mol. The van der Waals surface area contributed by atoms with Gasteiger partial charge in [-0.2, -0.15) is 0 Å². The first-order valence-corrected chi connectivity index (χ1v) is 6.55. The van der Waals surface area contributed by atoms with Gasteiger partial charge in [-0.15, -0.1) is 11.3 Å². The molecule has 0 spiro atoms. The second-order valence-electron chi connectivity index (χ2n) is 4.08. The van der Waals surface area contributed by atoms with Crippen LogP contribution in [-0.4, -0.2) is 9.97 Å². The highest BCUT2D eigenvalue weighted by molar-refractivity contribution is 7.09. The maximum atomic E-state index is 5.24. The third-order valence-corrected chi connectivity index (χ3v) is 3.47. The quantitative estimate of drug-likeness (QED) is 0.693. The summed E-state index contributed by atoms with van der Waals surface area (Å²) >= 11 is 1.66. The molecule has 90 valence electrons. The van der Waals surface area contributed by atoms with Crippen LogP contribution in [0.15, 0.2) is 40.3 Å². The third-order valence-electron chi connectivity index (χ3n) is 2.69. The minimum Gasteiger partial charge on any atom is -0.449 e. The molecule has 0 amide bonds. The number of thiazole rings is 1. The Bertz CT molecular complexity index is 629. The number of hydrogen-bond acceptors (Lipinski definition) is 4.